The number of hydrogen-bond donors (Lipinski definition) is 0. The van der Waals surface area contributed by atoms with Crippen molar-refractivity contribution in [2.75, 3.05) is 0 Å². The molecule has 1 saturated carbocycles. The van der Waals surface area contributed by atoms with Gasteiger partial charge in [0.2, 0.25) is 0 Å². The predicted octanol–water partition coefficient (Wildman–Crippen LogP) is 4.93. The first-order valence-corrected chi connectivity index (χ1v) is 6.98. The lowest BCUT2D eigenvalue weighted by molar-refractivity contribution is 0.621. The summed E-state index contributed by atoms with van der Waals surface area (Å²) in [6.45, 7) is 0. The molecule has 1 aliphatic carbocycles. The number of alkyl halides is 1. The van der Waals surface area contributed by atoms with Gasteiger partial charge in [-0.25, -0.2) is 4.39 Å². The highest BCUT2D eigenvalue weighted by atomic mass is 79.9. The summed E-state index contributed by atoms with van der Waals surface area (Å²) >= 11 is 9.62. The fourth-order valence-electron chi connectivity index (χ4n) is 1.91. The van der Waals surface area contributed by atoms with E-state index in [1.165, 1.54) is 30.5 Å². The molecule has 0 spiro atoms. The first-order valence-electron chi connectivity index (χ1n) is 5.75. The molecular formula is C13H15BrClF. The van der Waals surface area contributed by atoms with Gasteiger partial charge in [0.1, 0.15) is 5.82 Å². The molecule has 3 heteroatoms. The Morgan fingerprint density at radius 3 is 2.81 bits per heavy atom. The van der Waals surface area contributed by atoms with Gasteiger partial charge < -0.3 is 0 Å². The van der Waals surface area contributed by atoms with E-state index >= 15 is 0 Å². The summed E-state index contributed by atoms with van der Waals surface area (Å²) in [6.07, 6.45) is 5.71. The van der Waals surface area contributed by atoms with Crippen molar-refractivity contribution >= 4 is 27.5 Å². The van der Waals surface area contributed by atoms with E-state index in [1.807, 2.05) is 6.07 Å². The molecule has 1 atom stereocenters. The molecule has 2 rings (SSSR count). The molecule has 1 unspecified atom stereocenters. The van der Waals surface area contributed by atoms with Crippen LogP contribution >= 0.6 is 27.5 Å². The standard InChI is InChI=1S/C13H15BrClF/c14-12-8-11(16)7-6-9(12)2-1-3-13(15)10-4-5-10/h6-8,10,13H,1-5H2. The molecule has 0 nitrogen and oxygen atoms in total. The van der Waals surface area contributed by atoms with Gasteiger partial charge in [-0.2, -0.15) is 0 Å². The van der Waals surface area contributed by atoms with Crippen molar-refractivity contribution in [1.29, 1.82) is 0 Å². The molecule has 0 aromatic heterocycles. The molecular weight excluding hydrogens is 290 g/mol. The molecule has 0 N–H and O–H groups in total. The zero-order valence-electron chi connectivity index (χ0n) is 9.06. The number of halogens is 3. The van der Waals surface area contributed by atoms with Gasteiger partial charge >= 0.3 is 0 Å². The molecule has 16 heavy (non-hydrogen) atoms. The minimum Gasteiger partial charge on any atom is -0.207 e. The first-order chi connectivity index (χ1) is 7.66. The maximum absolute atomic E-state index is 12.9. The van der Waals surface area contributed by atoms with Crippen LogP contribution in [0.2, 0.25) is 0 Å². The Kier molecular flexibility index (Phi) is 4.26. The van der Waals surface area contributed by atoms with Crippen LogP contribution in [0.1, 0.15) is 31.2 Å². The third kappa shape index (κ3) is 3.46. The molecule has 88 valence electrons. The first kappa shape index (κ1) is 12.4. The van der Waals surface area contributed by atoms with Gasteiger partial charge in [-0.1, -0.05) is 22.0 Å². The van der Waals surface area contributed by atoms with Crippen LogP contribution in [0.25, 0.3) is 0 Å². The SMILES string of the molecule is Fc1ccc(CCCC(Cl)C2CC2)c(Br)c1. The lowest BCUT2D eigenvalue weighted by Crippen LogP contribution is -2.01. The number of benzene rings is 1. The molecule has 0 amide bonds. The molecule has 1 fully saturated rings. The zero-order valence-corrected chi connectivity index (χ0v) is 11.4. The average molecular weight is 306 g/mol. The largest absolute Gasteiger partial charge is 0.207 e. The molecule has 0 heterocycles. The smallest absolute Gasteiger partial charge is 0.124 e. The van der Waals surface area contributed by atoms with Gasteiger partial charge in [-0.3, -0.25) is 0 Å². The highest BCUT2D eigenvalue weighted by Crippen LogP contribution is 2.37. The lowest BCUT2D eigenvalue weighted by Gasteiger charge is -2.08. The summed E-state index contributed by atoms with van der Waals surface area (Å²) in [5.41, 5.74) is 1.17. The summed E-state index contributed by atoms with van der Waals surface area (Å²) in [4.78, 5) is 0. The molecule has 1 aromatic carbocycles. The maximum atomic E-state index is 12.9. The Morgan fingerprint density at radius 1 is 1.44 bits per heavy atom. The summed E-state index contributed by atoms with van der Waals surface area (Å²) in [5.74, 6) is 0.571. The van der Waals surface area contributed by atoms with E-state index in [4.69, 9.17) is 11.6 Å². The Bertz CT molecular complexity index is 363. The summed E-state index contributed by atoms with van der Waals surface area (Å²) < 4.78 is 13.7. The quantitative estimate of drug-likeness (QED) is 0.677. The van der Waals surface area contributed by atoms with Crippen LogP contribution < -0.4 is 0 Å². The lowest BCUT2D eigenvalue weighted by atomic mass is 10.1. The Morgan fingerprint density at radius 2 is 2.19 bits per heavy atom. The van der Waals surface area contributed by atoms with Gasteiger partial charge in [0.15, 0.2) is 0 Å². The van der Waals surface area contributed by atoms with E-state index < -0.39 is 0 Å². The van der Waals surface area contributed by atoms with Crippen molar-refractivity contribution in [3.8, 4) is 0 Å². The second-order valence-corrected chi connectivity index (χ2v) is 5.90. The number of aryl methyl sites for hydroxylation is 1. The van der Waals surface area contributed by atoms with Gasteiger partial charge in [-0.15, -0.1) is 11.6 Å². The normalized spacial score (nSPS) is 17.4. The van der Waals surface area contributed by atoms with E-state index in [2.05, 4.69) is 15.9 Å². The van der Waals surface area contributed by atoms with Gasteiger partial charge in [0.25, 0.3) is 0 Å². The molecule has 1 aliphatic rings. The van der Waals surface area contributed by atoms with Crippen molar-refractivity contribution in [3.63, 3.8) is 0 Å². The van der Waals surface area contributed by atoms with Crippen LogP contribution in [0.15, 0.2) is 22.7 Å². The molecule has 0 aliphatic heterocycles. The van der Waals surface area contributed by atoms with Crippen LogP contribution in [0.5, 0.6) is 0 Å². The van der Waals surface area contributed by atoms with E-state index in [9.17, 15) is 4.39 Å². The van der Waals surface area contributed by atoms with Gasteiger partial charge in [-0.05, 0) is 55.7 Å². The van der Waals surface area contributed by atoms with Crippen LogP contribution in [0.4, 0.5) is 4.39 Å². The van der Waals surface area contributed by atoms with Crippen molar-refractivity contribution in [3.05, 3.63) is 34.1 Å². The van der Waals surface area contributed by atoms with E-state index in [-0.39, 0.29) is 5.82 Å². The topological polar surface area (TPSA) is 0 Å². The molecule has 0 bridgehead atoms. The monoisotopic (exact) mass is 304 g/mol. The van der Waals surface area contributed by atoms with Crippen LogP contribution in [-0.4, -0.2) is 5.38 Å². The van der Waals surface area contributed by atoms with Crippen molar-refractivity contribution < 1.29 is 4.39 Å². The summed E-state index contributed by atoms with van der Waals surface area (Å²) in [7, 11) is 0. The van der Waals surface area contributed by atoms with Crippen LogP contribution in [0, 0.1) is 11.7 Å². The minimum absolute atomic E-state index is 0.191. The minimum atomic E-state index is -0.191. The Balaban J connectivity index is 1.80. The summed E-state index contributed by atoms with van der Waals surface area (Å²) in [5, 5.41) is 0.347. The molecule has 1 aromatic rings. The van der Waals surface area contributed by atoms with E-state index in [0.29, 0.717) is 5.38 Å². The average Bonchev–Trinajstić information content (AvgIpc) is 3.04. The Labute approximate surface area is 109 Å². The zero-order chi connectivity index (χ0) is 11.5. The van der Waals surface area contributed by atoms with E-state index in [1.54, 1.807) is 0 Å². The maximum Gasteiger partial charge on any atom is 0.124 e. The number of rotatable bonds is 5. The number of hydrogen-bond acceptors (Lipinski definition) is 0. The third-order valence-electron chi connectivity index (χ3n) is 3.07. The fraction of sp³-hybridized carbons (Fsp3) is 0.538. The van der Waals surface area contributed by atoms with Crippen molar-refractivity contribution in [1.82, 2.24) is 0 Å². The fourth-order valence-corrected chi connectivity index (χ4v) is 2.86. The highest BCUT2D eigenvalue weighted by Gasteiger charge is 2.28. The Hall–Kier alpha value is -0.0800. The predicted molar refractivity (Wildman–Crippen MR) is 69.4 cm³/mol. The van der Waals surface area contributed by atoms with Gasteiger partial charge in [0.05, 0.1) is 0 Å². The van der Waals surface area contributed by atoms with Gasteiger partial charge in [0, 0.05) is 9.85 Å². The third-order valence-corrected chi connectivity index (χ3v) is 4.39. The summed E-state index contributed by atoms with van der Waals surface area (Å²) in [6, 6.07) is 4.88. The molecule has 0 saturated heterocycles. The van der Waals surface area contributed by atoms with Crippen molar-refractivity contribution in [2.45, 2.75) is 37.5 Å². The van der Waals surface area contributed by atoms with E-state index in [0.717, 1.165) is 29.7 Å². The second-order valence-electron chi connectivity index (χ2n) is 4.48. The second kappa shape index (κ2) is 5.50. The van der Waals surface area contributed by atoms with Crippen LogP contribution in [0.3, 0.4) is 0 Å². The van der Waals surface area contributed by atoms with Crippen LogP contribution in [-0.2, 0) is 6.42 Å². The highest BCUT2D eigenvalue weighted by molar-refractivity contribution is 9.10. The van der Waals surface area contributed by atoms with Crippen molar-refractivity contribution in [2.24, 2.45) is 5.92 Å². The molecule has 0 radical (unpaired) electrons.